The maximum Gasteiger partial charge on any atom is 0.252 e. The molecule has 1 aromatic carbocycles. The van der Waals surface area contributed by atoms with Crippen molar-refractivity contribution in [3.8, 4) is 11.5 Å². The minimum atomic E-state index is -0.451. The van der Waals surface area contributed by atoms with Gasteiger partial charge in [0.1, 0.15) is 0 Å². The van der Waals surface area contributed by atoms with Gasteiger partial charge in [0, 0.05) is 15.7 Å². The molecule has 6 heteroatoms. The van der Waals surface area contributed by atoms with Crippen LogP contribution >= 0.6 is 22.6 Å². The van der Waals surface area contributed by atoms with Gasteiger partial charge in [-0.2, -0.15) is 0 Å². The predicted molar refractivity (Wildman–Crippen MR) is 82.9 cm³/mol. The summed E-state index contributed by atoms with van der Waals surface area (Å²) in [5, 5.41) is 2.89. The number of carbonyl (C=O) groups excluding carboxylic acids is 1. The van der Waals surface area contributed by atoms with Gasteiger partial charge in [0.15, 0.2) is 11.5 Å². The van der Waals surface area contributed by atoms with E-state index in [1.54, 1.807) is 19.2 Å². The quantitative estimate of drug-likeness (QED) is 0.767. The molecule has 3 N–H and O–H groups in total. The second-order valence-corrected chi connectivity index (χ2v) is 5.89. The Kier molecular flexibility index (Phi) is 5.42. The summed E-state index contributed by atoms with van der Waals surface area (Å²) < 4.78 is 11.2. The van der Waals surface area contributed by atoms with Crippen LogP contribution in [-0.4, -0.2) is 32.2 Å². The minimum absolute atomic E-state index is 0.180. The molecule has 106 valence electrons. The van der Waals surface area contributed by atoms with E-state index in [4.69, 9.17) is 15.2 Å². The third kappa shape index (κ3) is 3.97. The van der Waals surface area contributed by atoms with E-state index in [2.05, 4.69) is 27.9 Å². The number of nitrogens with one attached hydrogen (secondary N) is 1. The Bertz CT molecular complexity index is 475. The molecule has 1 aromatic rings. The van der Waals surface area contributed by atoms with Crippen LogP contribution in [0, 0.1) is 3.57 Å². The van der Waals surface area contributed by atoms with Crippen LogP contribution < -0.4 is 20.5 Å². The van der Waals surface area contributed by atoms with Crippen molar-refractivity contribution in [2.24, 2.45) is 5.73 Å². The number of carbonyl (C=O) groups is 1. The number of hydrogen-bond acceptors (Lipinski definition) is 4. The molecule has 1 amide bonds. The van der Waals surface area contributed by atoms with Gasteiger partial charge in [-0.1, -0.05) is 0 Å². The van der Waals surface area contributed by atoms with Crippen LogP contribution in [0.15, 0.2) is 12.1 Å². The molecular weight excluding hydrogens is 359 g/mol. The summed E-state index contributed by atoms with van der Waals surface area (Å²) in [6, 6.07) is 3.44. The first-order chi connectivity index (χ1) is 8.84. The third-order valence-electron chi connectivity index (χ3n) is 2.68. The summed E-state index contributed by atoms with van der Waals surface area (Å²) in [5.41, 5.74) is 5.70. The fraction of sp³-hybridized carbons (Fsp3) is 0.462. The van der Waals surface area contributed by atoms with Crippen molar-refractivity contribution in [1.82, 2.24) is 5.32 Å². The van der Waals surface area contributed by atoms with Gasteiger partial charge in [-0.05, 0) is 48.6 Å². The fourth-order valence-electron chi connectivity index (χ4n) is 1.45. The molecule has 0 atom stereocenters. The lowest BCUT2D eigenvalue weighted by molar-refractivity contribution is 0.0914. The summed E-state index contributed by atoms with van der Waals surface area (Å²) in [6.07, 6.45) is 0. The SMILES string of the molecule is COc1cc(I)c(C(=O)NC(C)(C)CN)cc1OC. The first-order valence-corrected chi connectivity index (χ1v) is 6.86. The summed E-state index contributed by atoms with van der Waals surface area (Å²) in [6.45, 7) is 4.11. The molecule has 0 spiro atoms. The van der Waals surface area contributed by atoms with Gasteiger partial charge in [0.05, 0.1) is 19.8 Å². The molecule has 5 nitrogen and oxygen atoms in total. The maximum atomic E-state index is 12.2. The predicted octanol–water partition coefficient (Wildman–Crippen LogP) is 1.78. The van der Waals surface area contributed by atoms with E-state index >= 15 is 0 Å². The van der Waals surface area contributed by atoms with E-state index in [0.717, 1.165) is 3.57 Å². The molecule has 0 aliphatic carbocycles. The molecule has 19 heavy (non-hydrogen) atoms. The topological polar surface area (TPSA) is 73.6 Å². The van der Waals surface area contributed by atoms with Gasteiger partial charge in [-0.25, -0.2) is 0 Å². The molecule has 0 heterocycles. The standard InChI is InChI=1S/C13H19IN2O3/c1-13(2,7-15)16-12(17)8-5-10(18-3)11(19-4)6-9(8)14/h5-6H,7,15H2,1-4H3,(H,16,17). The van der Waals surface area contributed by atoms with Gasteiger partial charge in [0.25, 0.3) is 5.91 Å². The Labute approximate surface area is 127 Å². The van der Waals surface area contributed by atoms with Gasteiger partial charge in [0.2, 0.25) is 0 Å². The van der Waals surface area contributed by atoms with Crippen molar-refractivity contribution in [3.63, 3.8) is 0 Å². The Balaban J connectivity index is 3.10. The Hall–Kier alpha value is -1.02. The number of halogens is 1. The molecule has 0 saturated carbocycles. The lowest BCUT2D eigenvalue weighted by atomic mass is 10.1. The number of nitrogens with two attached hydrogens (primary N) is 1. The van der Waals surface area contributed by atoms with Gasteiger partial charge >= 0.3 is 0 Å². The second-order valence-electron chi connectivity index (χ2n) is 4.73. The lowest BCUT2D eigenvalue weighted by Crippen LogP contribution is -2.49. The van der Waals surface area contributed by atoms with Gasteiger partial charge in [-0.15, -0.1) is 0 Å². The highest BCUT2D eigenvalue weighted by molar-refractivity contribution is 14.1. The molecule has 0 fully saturated rings. The van der Waals surface area contributed by atoms with Crippen molar-refractivity contribution < 1.29 is 14.3 Å². The maximum absolute atomic E-state index is 12.2. The third-order valence-corrected chi connectivity index (χ3v) is 3.57. The van der Waals surface area contributed by atoms with Crippen LogP contribution in [0.3, 0.4) is 0 Å². The number of hydrogen-bond donors (Lipinski definition) is 2. The van der Waals surface area contributed by atoms with E-state index in [0.29, 0.717) is 23.6 Å². The fourth-order valence-corrected chi connectivity index (χ4v) is 2.14. The highest BCUT2D eigenvalue weighted by Crippen LogP contribution is 2.31. The number of methoxy groups -OCH3 is 2. The first kappa shape index (κ1) is 16.0. The largest absolute Gasteiger partial charge is 0.493 e. The molecule has 0 saturated heterocycles. The van der Waals surface area contributed by atoms with Crippen molar-refractivity contribution >= 4 is 28.5 Å². The van der Waals surface area contributed by atoms with Crippen LogP contribution in [0.1, 0.15) is 24.2 Å². The number of ether oxygens (including phenoxy) is 2. The summed E-state index contributed by atoms with van der Waals surface area (Å²) in [5.74, 6) is 0.945. The summed E-state index contributed by atoms with van der Waals surface area (Å²) in [4.78, 5) is 12.2. The molecule has 0 bridgehead atoms. The van der Waals surface area contributed by atoms with Gasteiger partial charge in [-0.3, -0.25) is 4.79 Å². The van der Waals surface area contributed by atoms with Crippen molar-refractivity contribution in [3.05, 3.63) is 21.3 Å². The molecular formula is C13H19IN2O3. The smallest absolute Gasteiger partial charge is 0.252 e. The monoisotopic (exact) mass is 378 g/mol. The van der Waals surface area contributed by atoms with Crippen molar-refractivity contribution in [2.75, 3.05) is 20.8 Å². The molecule has 0 aromatic heterocycles. The minimum Gasteiger partial charge on any atom is -0.493 e. The van der Waals surface area contributed by atoms with Crippen molar-refractivity contribution in [1.29, 1.82) is 0 Å². The molecule has 1 rings (SSSR count). The van der Waals surface area contributed by atoms with Crippen LogP contribution in [0.2, 0.25) is 0 Å². The number of amides is 1. The Morgan fingerprint density at radius 1 is 1.32 bits per heavy atom. The zero-order chi connectivity index (χ0) is 14.6. The van der Waals surface area contributed by atoms with E-state index in [1.807, 2.05) is 13.8 Å². The average molecular weight is 378 g/mol. The number of rotatable bonds is 5. The van der Waals surface area contributed by atoms with Crippen LogP contribution in [-0.2, 0) is 0 Å². The number of benzene rings is 1. The lowest BCUT2D eigenvalue weighted by Gasteiger charge is -2.24. The van der Waals surface area contributed by atoms with Crippen LogP contribution in [0.25, 0.3) is 0 Å². The van der Waals surface area contributed by atoms with E-state index < -0.39 is 5.54 Å². The average Bonchev–Trinajstić information content (AvgIpc) is 2.37. The van der Waals surface area contributed by atoms with Crippen molar-refractivity contribution in [2.45, 2.75) is 19.4 Å². The Morgan fingerprint density at radius 2 is 1.84 bits per heavy atom. The van der Waals surface area contributed by atoms with E-state index in [-0.39, 0.29) is 5.91 Å². The molecule has 0 radical (unpaired) electrons. The zero-order valence-electron chi connectivity index (χ0n) is 11.5. The summed E-state index contributed by atoms with van der Waals surface area (Å²) in [7, 11) is 3.10. The molecule has 0 unspecified atom stereocenters. The Morgan fingerprint density at radius 3 is 2.32 bits per heavy atom. The van der Waals surface area contributed by atoms with E-state index in [9.17, 15) is 4.79 Å². The highest BCUT2D eigenvalue weighted by Gasteiger charge is 2.22. The van der Waals surface area contributed by atoms with Crippen LogP contribution in [0.4, 0.5) is 0 Å². The van der Waals surface area contributed by atoms with Gasteiger partial charge < -0.3 is 20.5 Å². The molecule has 0 aliphatic heterocycles. The summed E-state index contributed by atoms with van der Waals surface area (Å²) >= 11 is 2.09. The highest BCUT2D eigenvalue weighted by atomic mass is 127. The van der Waals surface area contributed by atoms with E-state index in [1.165, 1.54) is 7.11 Å². The zero-order valence-corrected chi connectivity index (χ0v) is 13.7. The first-order valence-electron chi connectivity index (χ1n) is 5.78. The second kappa shape index (κ2) is 6.42. The normalized spacial score (nSPS) is 11.1. The van der Waals surface area contributed by atoms with Crippen LogP contribution in [0.5, 0.6) is 11.5 Å². The molecule has 0 aliphatic rings.